The topological polar surface area (TPSA) is 18.5 Å². The van der Waals surface area contributed by atoms with Gasteiger partial charge in [0.05, 0.1) is 5.76 Å². The summed E-state index contributed by atoms with van der Waals surface area (Å²) >= 11 is 0. The van der Waals surface area contributed by atoms with Crippen LogP contribution in [-0.4, -0.2) is 13.4 Å². The van der Waals surface area contributed by atoms with E-state index in [-0.39, 0.29) is 6.29 Å². The molecular formula is C29H44O2. The summed E-state index contributed by atoms with van der Waals surface area (Å²) in [5.74, 6) is 3.52. The van der Waals surface area contributed by atoms with Crippen LogP contribution in [0, 0.1) is 11.8 Å². The van der Waals surface area contributed by atoms with Gasteiger partial charge in [-0.3, -0.25) is 0 Å². The van der Waals surface area contributed by atoms with E-state index in [2.05, 4.69) is 64.1 Å². The lowest BCUT2D eigenvalue weighted by molar-refractivity contribution is -0.114. The number of fused-ring (bicyclic) bond motifs is 1. The molecule has 31 heavy (non-hydrogen) atoms. The van der Waals surface area contributed by atoms with Crippen LogP contribution in [0.25, 0.3) is 0 Å². The van der Waals surface area contributed by atoms with Crippen molar-refractivity contribution >= 4 is 0 Å². The number of benzene rings is 1. The fraction of sp³-hybridized carbons (Fsp3) is 0.655. The predicted molar refractivity (Wildman–Crippen MR) is 131 cm³/mol. The maximum Gasteiger partial charge on any atom is 0.205 e. The summed E-state index contributed by atoms with van der Waals surface area (Å²) in [6.45, 7) is 9.30. The second-order valence-electron chi connectivity index (χ2n) is 9.98. The van der Waals surface area contributed by atoms with Crippen LogP contribution in [0.2, 0.25) is 0 Å². The normalized spacial score (nSPS) is 23.4. The maximum absolute atomic E-state index is 6.52. The Hall–Kier alpha value is -1.54. The average molecular weight is 425 g/mol. The molecule has 2 aliphatic carbocycles. The molecular weight excluding hydrogens is 380 g/mol. The van der Waals surface area contributed by atoms with E-state index in [1.54, 1.807) is 12.7 Å². The van der Waals surface area contributed by atoms with Crippen molar-refractivity contribution < 1.29 is 9.47 Å². The fourth-order valence-electron chi connectivity index (χ4n) is 5.71. The van der Waals surface area contributed by atoms with Crippen molar-refractivity contribution in [2.45, 2.75) is 104 Å². The molecule has 3 rings (SSSR count). The lowest BCUT2D eigenvalue weighted by atomic mass is 9.83. The van der Waals surface area contributed by atoms with Crippen LogP contribution >= 0.6 is 0 Å². The predicted octanol–water partition coefficient (Wildman–Crippen LogP) is 8.50. The second kappa shape index (κ2) is 11.9. The van der Waals surface area contributed by atoms with Gasteiger partial charge in [0.15, 0.2) is 0 Å². The van der Waals surface area contributed by atoms with Gasteiger partial charge in [-0.1, -0.05) is 76.5 Å². The summed E-state index contributed by atoms with van der Waals surface area (Å²) in [4.78, 5) is 0. The molecule has 0 spiro atoms. The van der Waals surface area contributed by atoms with Crippen LogP contribution < -0.4 is 0 Å². The molecule has 172 valence electrons. The van der Waals surface area contributed by atoms with Gasteiger partial charge in [-0.25, -0.2) is 0 Å². The van der Waals surface area contributed by atoms with Gasteiger partial charge in [-0.15, -0.1) is 0 Å². The Morgan fingerprint density at radius 1 is 1.00 bits per heavy atom. The van der Waals surface area contributed by atoms with E-state index < -0.39 is 0 Å². The largest absolute Gasteiger partial charge is 0.469 e. The van der Waals surface area contributed by atoms with Gasteiger partial charge in [0.2, 0.25) is 6.29 Å². The SMILES string of the molecule is CCCC(CC(C)C)C1=CC=C(OC(OC)C2CCCC(CC)c3ccccc32)CC1. The second-order valence-corrected chi connectivity index (χ2v) is 9.98. The highest BCUT2D eigenvalue weighted by Crippen LogP contribution is 2.42. The first-order valence-electron chi connectivity index (χ1n) is 12.7. The van der Waals surface area contributed by atoms with Crippen LogP contribution in [0.1, 0.15) is 108 Å². The van der Waals surface area contributed by atoms with E-state index in [4.69, 9.17) is 9.47 Å². The lowest BCUT2D eigenvalue weighted by Gasteiger charge is -2.30. The summed E-state index contributed by atoms with van der Waals surface area (Å²) in [5, 5.41) is 0. The van der Waals surface area contributed by atoms with Crippen molar-refractivity contribution in [3.63, 3.8) is 0 Å². The molecule has 0 saturated heterocycles. The molecule has 1 aromatic carbocycles. The van der Waals surface area contributed by atoms with E-state index >= 15 is 0 Å². The molecule has 2 aliphatic rings. The Kier molecular flexibility index (Phi) is 9.26. The summed E-state index contributed by atoms with van der Waals surface area (Å²) in [5.41, 5.74) is 4.56. The van der Waals surface area contributed by atoms with Crippen LogP contribution in [0.4, 0.5) is 0 Å². The first kappa shape index (κ1) is 24.1. The number of hydrogen-bond acceptors (Lipinski definition) is 2. The number of methoxy groups -OCH3 is 1. The highest BCUT2D eigenvalue weighted by Gasteiger charge is 2.31. The van der Waals surface area contributed by atoms with E-state index in [9.17, 15) is 0 Å². The minimum Gasteiger partial charge on any atom is -0.469 e. The molecule has 0 aromatic heterocycles. The molecule has 0 N–H and O–H groups in total. The van der Waals surface area contributed by atoms with Gasteiger partial charge in [-0.05, 0) is 73.5 Å². The molecule has 2 heteroatoms. The first-order valence-corrected chi connectivity index (χ1v) is 12.7. The molecule has 0 fully saturated rings. The van der Waals surface area contributed by atoms with Gasteiger partial charge in [0, 0.05) is 19.4 Å². The van der Waals surface area contributed by atoms with E-state index in [1.165, 1.54) is 49.7 Å². The molecule has 4 atom stereocenters. The van der Waals surface area contributed by atoms with E-state index in [1.807, 2.05) is 0 Å². The maximum atomic E-state index is 6.52. The lowest BCUT2D eigenvalue weighted by Crippen LogP contribution is -2.25. The third-order valence-corrected chi connectivity index (χ3v) is 7.29. The third kappa shape index (κ3) is 6.25. The molecule has 0 amide bonds. The van der Waals surface area contributed by atoms with Crippen LogP contribution in [0.5, 0.6) is 0 Å². The minimum absolute atomic E-state index is 0.208. The van der Waals surface area contributed by atoms with Gasteiger partial charge in [-0.2, -0.15) is 0 Å². The van der Waals surface area contributed by atoms with Gasteiger partial charge in [0.25, 0.3) is 0 Å². The Morgan fingerprint density at radius 3 is 2.39 bits per heavy atom. The van der Waals surface area contributed by atoms with Crippen LogP contribution in [0.3, 0.4) is 0 Å². The quantitative estimate of drug-likeness (QED) is 0.277. The van der Waals surface area contributed by atoms with E-state index in [0.717, 1.165) is 36.9 Å². The van der Waals surface area contributed by atoms with Gasteiger partial charge in [0.1, 0.15) is 0 Å². The minimum atomic E-state index is -0.208. The Balaban J connectivity index is 1.75. The summed E-state index contributed by atoms with van der Waals surface area (Å²) in [6.07, 6.45) is 15.2. The summed E-state index contributed by atoms with van der Waals surface area (Å²) in [7, 11) is 1.81. The van der Waals surface area contributed by atoms with E-state index in [0.29, 0.717) is 11.8 Å². The fourth-order valence-corrected chi connectivity index (χ4v) is 5.71. The number of rotatable bonds is 10. The summed E-state index contributed by atoms with van der Waals surface area (Å²) in [6, 6.07) is 8.99. The monoisotopic (exact) mass is 424 g/mol. The summed E-state index contributed by atoms with van der Waals surface area (Å²) < 4.78 is 12.5. The molecule has 0 saturated carbocycles. The Labute approximate surface area is 191 Å². The Morgan fingerprint density at radius 2 is 1.77 bits per heavy atom. The zero-order valence-electron chi connectivity index (χ0n) is 20.5. The first-order chi connectivity index (χ1) is 15.1. The smallest absolute Gasteiger partial charge is 0.205 e. The molecule has 1 aromatic rings. The highest BCUT2D eigenvalue weighted by molar-refractivity contribution is 5.35. The average Bonchev–Trinajstić information content (AvgIpc) is 2.97. The molecule has 0 heterocycles. The number of hydrogen-bond donors (Lipinski definition) is 0. The zero-order chi connectivity index (χ0) is 22.2. The van der Waals surface area contributed by atoms with Gasteiger partial charge >= 0.3 is 0 Å². The van der Waals surface area contributed by atoms with Crippen molar-refractivity contribution in [1.82, 2.24) is 0 Å². The molecule has 2 nitrogen and oxygen atoms in total. The van der Waals surface area contributed by atoms with Crippen molar-refractivity contribution in [2.75, 3.05) is 7.11 Å². The third-order valence-electron chi connectivity index (χ3n) is 7.29. The highest BCUT2D eigenvalue weighted by atomic mass is 16.7. The van der Waals surface area contributed by atoms with Crippen molar-refractivity contribution in [2.24, 2.45) is 11.8 Å². The van der Waals surface area contributed by atoms with Crippen molar-refractivity contribution in [3.05, 3.63) is 58.9 Å². The van der Waals surface area contributed by atoms with Crippen LogP contribution in [0.15, 0.2) is 47.7 Å². The molecule has 0 bridgehead atoms. The molecule has 0 aliphatic heterocycles. The Bertz CT molecular complexity index is 745. The van der Waals surface area contributed by atoms with Crippen molar-refractivity contribution in [1.29, 1.82) is 0 Å². The van der Waals surface area contributed by atoms with Crippen LogP contribution in [-0.2, 0) is 9.47 Å². The van der Waals surface area contributed by atoms with Gasteiger partial charge < -0.3 is 9.47 Å². The standard InChI is InChI=1S/C29H44O2/c1-6-11-24(20-21(3)4)23-16-18-25(19-17-23)31-29(30-5)28-15-10-12-22(7-2)26-13-8-9-14-27(26)28/h8-9,13-14,16,18,21-22,24,28-29H,6-7,10-12,15,17,19-20H2,1-5H3. The number of ether oxygens (including phenoxy) is 2. The number of allylic oxidation sites excluding steroid dienone is 4. The van der Waals surface area contributed by atoms with Crippen molar-refractivity contribution in [3.8, 4) is 0 Å². The molecule has 0 radical (unpaired) electrons. The molecule has 4 unspecified atom stereocenters. The zero-order valence-corrected chi connectivity index (χ0v) is 20.5.